The zero-order valence-electron chi connectivity index (χ0n) is 11.8. The normalized spacial score (nSPS) is 29.4. The number of esters is 1. The van der Waals surface area contributed by atoms with Crippen LogP contribution in [0.1, 0.15) is 28.8 Å². The van der Waals surface area contributed by atoms with Gasteiger partial charge >= 0.3 is 5.97 Å². The summed E-state index contributed by atoms with van der Waals surface area (Å²) in [4.78, 5) is 14.1. The average Bonchev–Trinajstić information content (AvgIpc) is 3.01. The van der Waals surface area contributed by atoms with E-state index >= 15 is 0 Å². The number of benzene rings is 1. The molecule has 2 fully saturated rings. The van der Waals surface area contributed by atoms with E-state index in [0.717, 1.165) is 38.0 Å². The van der Waals surface area contributed by atoms with Crippen LogP contribution in [0.25, 0.3) is 0 Å². The number of methoxy groups -OCH3 is 1. The molecule has 0 radical (unpaired) electrons. The van der Waals surface area contributed by atoms with Crippen molar-refractivity contribution in [2.45, 2.75) is 25.5 Å². The molecule has 1 saturated carbocycles. The minimum atomic E-state index is -0.278. The summed E-state index contributed by atoms with van der Waals surface area (Å²) in [5.74, 6) is 0.760. The molecule has 108 valence electrons. The fourth-order valence-corrected chi connectivity index (χ4v) is 3.67. The third-order valence-electron chi connectivity index (χ3n) is 4.71. The van der Waals surface area contributed by atoms with Crippen LogP contribution in [0.15, 0.2) is 24.3 Å². The zero-order valence-corrected chi connectivity index (χ0v) is 11.8. The molecule has 1 heterocycles. The van der Waals surface area contributed by atoms with Crippen molar-refractivity contribution in [3.05, 3.63) is 35.4 Å². The Hall–Kier alpha value is -1.39. The molecular weight excluding hydrogens is 254 g/mol. The molecule has 1 aromatic carbocycles. The maximum atomic E-state index is 11.8. The van der Waals surface area contributed by atoms with Crippen molar-refractivity contribution in [2.24, 2.45) is 11.8 Å². The number of hydrogen-bond donors (Lipinski definition) is 1. The van der Waals surface area contributed by atoms with Gasteiger partial charge in [-0.25, -0.2) is 4.79 Å². The van der Waals surface area contributed by atoms with Gasteiger partial charge in [0.1, 0.15) is 0 Å². The first-order valence-corrected chi connectivity index (χ1v) is 7.25. The Morgan fingerprint density at radius 1 is 1.35 bits per heavy atom. The minimum Gasteiger partial charge on any atom is -0.465 e. The molecule has 0 aromatic heterocycles. The topological polar surface area (TPSA) is 49.8 Å². The van der Waals surface area contributed by atoms with Crippen molar-refractivity contribution in [3.8, 4) is 0 Å². The third kappa shape index (κ3) is 2.45. The maximum Gasteiger partial charge on any atom is 0.338 e. The van der Waals surface area contributed by atoms with Crippen molar-refractivity contribution in [2.75, 3.05) is 20.2 Å². The van der Waals surface area contributed by atoms with Gasteiger partial charge in [-0.3, -0.25) is 4.90 Å². The second-order valence-corrected chi connectivity index (χ2v) is 5.91. The highest BCUT2D eigenvalue weighted by Crippen LogP contribution is 2.38. The van der Waals surface area contributed by atoms with Crippen molar-refractivity contribution < 1.29 is 14.6 Å². The number of ether oxygens (including phenoxy) is 1. The van der Waals surface area contributed by atoms with E-state index in [1.54, 1.807) is 0 Å². The van der Waals surface area contributed by atoms with Gasteiger partial charge in [0.15, 0.2) is 0 Å². The standard InChI is InChI=1S/C16H21NO3/c1-20-16(19)13-5-3-2-4-11(13)8-17-9-12-6-7-15(18)14(12)10-17/h2-5,12,14-15,18H,6-10H2,1H3. The molecule has 1 saturated heterocycles. The van der Waals surface area contributed by atoms with Crippen LogP contribution in [-0.2, 0) is 11.3 Å². The largest absolute Gasteiger partial charge is 0.465 e. The lowest BCUT2D eigenvalue weighted by molar-refractivity contribution is 0.0598. The van der Waals surface area contributed by atoms with E-state index in [-0.39, 0.29) is 12.1 Å². The quantitative estimate of drug-likeness (QED) is 0.853. The predicted octanol–water partition coefficient (Wildman–Crippen LogP) is 1.68. The first kappa shape index (κ1) is 13.6. The van der Waals surface area contributed by atoms with Gasteiger partial charge in [0.2, 0.25) is 0 Å². The summed E-state index contributed by atoms with van der Waals surface area (Å²) in [6, 6.07) is 7.61. The van der Waals surface area contributed by atoms with Crippen LogP contribution in [0.4, 0.5) is 0 Å². The number of aliphatic hydroxyl groups is 1. The van der Waals surface area contributed by atoms with Crippen LogP contribution in [0.5, 0.6) is 0 Å². The van der Waals surface area contributed by atoms with Gasteiger partial charge in [-0.1, -0.05) is 18.2 Å². The Bertz CT molecular complexity index is 502. The highest BCUT2D eigenvalue weighted by molar-refractivity contribution is 5.90. The van der Waals surface area contributed by atoms with Crippen LogP contribution in [0, 0.1) is 11.8 Å². The van der Waals surface area contributed by atoms with Crippen molar-refractivity contribution in [1.29, 1.82) is 0 Å². The molecule has 2 aliphatic rings. The number of aliphatic hydroxyl groups excluding tert-OH is 1. The summed E-state index contributed by atoms with van der Waals surface area (Å²) in [5, 5.41) is 9.96. The van der Waals surface area contributed by atoms with E-state index in [9.17, 15) is 9.90 Å². The third-order valence-corrected chi connectivity index (χ3v) is 4.71. The number of fused-ring (bicyclic) bond motifs is 1. The molecule has 3 unspecified atom stereocenters. The van der Waals surface area contributed by atoms with Gasteiger partial charge in [-0.15, -0.1) is 0 Å². The molecule has 20 heavy (non-hydrogen) atoms. The Labute approximate surface area is 119 Å². The fraction of sp³-hybridized carbons (Fsp3) is 0.562. The molecule has 1 aliphatic carbocycles. The number of rotatable bonds is 3. The fourth-order valence-electron chi connectivity index (χ4n) is 3.67. The molecule has 1 aromatic rings. The van der Waals surface area contributed by atoms with Gasteiger partial charge < -0.3 is 9.84 Å². The van der Waals surface area contributed by atoms with E-state index in [4.69, 9.17) is 4.74 Å². The number of nitrogens with zero attached hydrogens (tertiary/aromatic N) is 1. The summed E-state index contributed by atoms with van der Waals surface area (Å²) in [7, 11) is 1.41. The summed E-state index contributed by atoms with van der Waals surface area (Å²) >= 11 is 0. The molecule has 0 spiro atoms. The lowest BCUT2D eigenvalue weighted by atomic mass is 10.00. The SMILES string of the molecule is COC(=O)c1ccccc1CN1CC2CCC(O)C2C1. The van der Waals surface area contributed by atoms with Crippen molar-refractivity contribution in [3.63, 3.8) is 0 Å². The maximum absolute atomic E-state index is 11.8. The van der Waals surface area contributed by atoms with E-state index in [1.165, 1.54) is 7.11 Å². The summed E-state index contributed by atoms with van der Waals surface area (Å²) in [5.41, 5.74) is 1.65. The van der Waals surface area contributed by atoms with Crippen LogP contribution in [0.3, 0.4) is 0 Å². The molecular formula is C16H21NO3. The molecule has 3 atom stereocenters. The van der Waals surface area contributed by atoms with Crippen molar-refractivity contribution >= 4 is 5.97 Å². The summed E-state index contributed by atoms with van der Waals surface area (Å²) in [6.07, 6.45) is 1.93. The molecule has 3 rings (SSSR count). The number of carbonyl (C=O) groups is 1. The summed E-state index contributed by atoms with van der Waals surface area (Å²) < 4.78 is 4.84. The number of hydrogen-bond acceptors (Lipinski definition) is 4. The lowest BCUT2D eigenvalue weighted by Gasteiger charge is -2.19. The van der Waals surface area contributed by atoms with Gasteiger partial charge in [0.05, 0.1) is 18.8 Å². The Kier molecular flexibility index (Phi) is 3.76. The van der Waals surface area contributed by atoms with E-state index < -0.39 is 0 Å². The second-order valence-electron chi connectivity index (χ2n) is 5.91. The van der Waals surface area contributed by atoms with Gasteiger partial charge in [-0.05, 0) is 30.4 Å². The van der Waals surface area contributed by atoms with Gasteiger partial charge in [0, 0.05) is 25.6 Å². The highest BCUT2D eigenvalue weighted by Gasteiger charge is 2.41. The highest BCUT2D eigenvalue weighted by atomic mass is 16.5. The van der Waals surface area contributed by atoms with Crippen LogP contribution in [-0.4, -0.2) is 42.3 Å². The first-order valence-electron chi connectivity index (χ1n) is 7.25. The van der Waals surface area contributed by atoms with E-state index in [2.05, 4.69) is 4.90 Å². The monoisotopic (exact) mass is 275 g/mol. The van der Waals surface area contributed by atoms with Crippen molar-refractivity contribution in [1.82, 2.24) is 4.90 Å². The van der Waals surface area contributed by atoms with E-state index in [0.29, 0.717) is 17.4 Å². The molecule has 4 nitrogen and oxygen atoms in total. The molecule has 1 aliphatic heterocycles. The smallest absolute Gasteiger partial charge is 0.338 e. The minimum absolute atomic E-state index is 0.138. The van der Waals surface area contributed by atoms with E-state index in [1.807, 2.05) is 24.3 Å². The lowest BCUT2D eigenvalue weighted by Crippen LogP contribution is -2.25. The summed E-state index contributed by atoms with van der Waals surface area (Å²) in [6.45, 7) is 2.71. The van der Waals surface area contributed by atoms with Crippen LogP contribution in [0.2, 0.25) is 0 Å². The molecule has 1 N–H and O–H groups in total. The van der Waals surface area contributed by atoms with Gasteiger partial charge in [0.25, 0.3) is 0 Å². The zero-order chi connectivity index (χ0) is 14.1. The Balaban J connectivity index is 1.72. The average molecular weight is 275 g/mol. The Morgan fingerprint density at radius 2 is 2.15 bits per heavy atom. The Morgan fingerprint density at radius 3 is 2.90 bits per heavy atom. The first-order chi connectivity index (χ1) is 9.69. The molecule has 0 bridgehead atoms. The number of carbonyl (C=O) groups excluding carboxylic acids is 1. The van der Waals surface area contributed by atoms with Crippen LogP contribution < -0.4 is 0 Å². The van der Waals surface area contributed by atoms with Crippen LogP contribution >= 0.6 is 0 Å². The number of likely N-dealkylation sites (tertiary alicyclic amines) is 1. The van der Waals surface area contributed by atoms with Gasteiger partial charge in [-0.2, -0.15) is 0 Å². The predicted molar refractivity (Wildman–Crippen MR) is 75.3 cm³/mol. The second kappa shape index (κ2) is 5.54. The molecule has 0 amide bonds. The molecule has 4 heteroatoms.